The summed E-state index contributed by atoms with van der Waals surface area (Å²) < 4.78 is 26.6. The van der Waals surface area contributed by atoms with E-state index in [0.717, 1.165) is 11.3 Å². The number of sulfonamides is 1. The van der Waals surface area contributed by atoms with Crippen molar-refractivity contribution in [1.29, 1.82) is 0 Å². The highest BCUT2D eigenvalue weighted by molar-refractivity contribution is 7.91. The van der Waals surface area contributed by atoms with E-state index >= 15 is 0 Å². The van der Waals surface area contributed by atoms with E-state index in [1.165, 1.54) is 0 Å². The van der Waals surface area contributed by atoms with Crippen LogP contribution in [0.15, 0.2) is 4.21 Å². The predicted molar refractivity (Wildman–Crippen MR) is 79.5 cm³/mol. The SMILES string of the molecule is Cc1nc(Cl)sc1S(=O)(=O)NCCC(=O)NCC(C)C. The van der Waals surface area contributed by atoms with Crippen LogP contribution in [0.5, 0.6) is 0 Å². The van der Waals surface area contributed by atoms with Crippen molar-refractivity contribution in [1.82, 2.24) is 15.0 Å². The minimum atomic E-state index is -3.66. The summed E-state index contributed by atoms with van der Waals surface area (Å²) in [6.07, 6.45) is 0.0948. The van der Waals surface area contributed by atoms with Gasteiger partial charge in [-0.05, 0) is 12.8 Å². The normalized spacial score (nSPS) is 11.8. The predicted octanol–water partition coefficient (Wildman–Crippen LogP) is 1.55. The van der Waals surface area contributed by atoms with E-state index < -0.39 is 10.0 Å². The van der Waals surface area contributed by atoms with E-state index in [2.05, 4.69) is 15.0 Å². The average molecular weight is 340 g/mol. The van der Waals surface area contributed by atoms with Crippen molar-refractivity contribution in [2.75, 3.05) is 13.1 Å². The first-order valence-electron chi connectivity index (χ1n) is 6.11. The Hall–Kier alpha value is -0.700. The summed E-state index contributed by atoms with van der Waals surface area (Å²) in [5, 5.41) is 2.72. The molecular weight excluding hydrogens is 322 g/mol. The molecule has 0 aliphatic heterocycles. The second-order valence-electron chi connectivity index (χ2n) is 4.69. The van der Waals surface area contributed by atoms with Gasteiger partial charge in [-0.1, -0.05) is 36.8 Å². The molecule has 9 heteroatoms. The van der Waals surface area contributed by atoms with E-state index in [-0.39, 0.29) is 27.5 Å². The fourth-order valence-corrected chi connectivity index (χ4v) is 4.18. The summed E-state index contributed by atoms with van der Waals surface area (Å²) in [6, 6.07) is 0. The molecule has 1 heterocycles. The van der Waals surface area contributed by atoms with Gasteiger partial charge in [-0.2, -0.15) is 0 Å². The molecule has 0 fully saturated rings. The maximum absolute atomic E-state index is 12.0. The summed E-state index contributed by atoms with van der Waals surface area (Å²) in [7, 11) is -3.66. The zero-order valence-corrected chi connectivity index (χ0v) is 14.0. The molecular formula is C11H18ClN3O3S2. The molecule has 114 valence electrons. The van der Waals surface area contributed by atoms with Gasteiger partial charge in [0.1, 0.15) is 0 Å². The number of hydrogen-bond donors (Lipinski definition) is 2. The number of carbonyl (C=O) groups is 1. The highest BCUT2D eigenvalue weighted by Gasteiger charge is 2.21. The molecule has 0 aliphatic rings. The first kappa shape index (κ1) is 17.4. The van der Waals surface area contributed by atoms with Gasteiger partial charge >= 0.3 is 0 Å². The number of halogens is 1. The number of thiazole rings is 1. The number of aromatic nitrogens is 1. The Morgan fingerprint density at radius 3 is 2.60 bits per heavy atom. The number of nitrogens with zero attached hydrogens (tertiary/aromatic N) is 1. The average Bonchev–Trinajstić information content (AvgIpc) is 2.66. The monoisotopic (exact) mass is 339 g/mol. The number of hydrogen-bond acceptors (Lipinski definition) is 5. The van der Waals surface area contributed by atoms with Crippen LogP contribution in [0.4, 0.5) is 0 Å². The molecule has 0 aliphatic carbocycles. The van der Waals surface area contributed by atoms with Crippen molar-refractivity contribution in [2.24, 2.45) is 5.92 Å². The first-order chi connectivity index (χ1) is 9.22. The van der Waals surface area contributed by atoms with Crippen molar-refractivity contribution in [3.63, 3.8) is 0 Å². The first-order valence-corrected chi connectivity index (χ1v) is 8.79. The molecule has 0 spiro atoms. The lowest BCUT2D eigenvalue weighted by Crippen LogP contribution is -2.32. The second-order valence-corrected chi connectivity index (χ2v) is 8.23. The molecule has 0 saturated carbocycles. The summed E-state index contributed by atoms with van der Waals surface area (Å²) >= 11 is 6.58. The van der Waals surface area contributed by atoms with E-state index in [1.807, 2.05) is 13.8 Å². The standard InChI is InChI=1S/C11H18ClN3O3S2/c1-7(2)6-13-9(16)4-5-14-20(17,18)10-8(3)15-11(12)19-10/h7,14H,4-6H2,1-3H3,(H,13,16). The molecule has 1 aromatic rings. The van der Waals surface area contributed by atoms with Gasteiger partial charge in [0.15, 0.2) is 8.68 Å². The van der Waals surface area contributed by atoms with Gasteiger partial charge in [-0.3, -0.25) is 4.79 Å². The van der Waals surface area contributed by atoms with Gasteiger partial charge < -0.3 is 5.32 Å². The largest absolute Gasteiger partial charge is 0.356 e. The van der Waals surface area contributed by atoms with E-state index in [1.54, 1.807) is 6.92 Å². The Balaban J connectivity index is 2.49. The van der Waals surface area contributed by atoms with Crippen molar-refractivity contribution in [2.45, 2.75) is 31.4 Å². The molecule has 0 aromatic carbocycles. The number of aryl methyl sites for hydroxylation is 1. The quantitative estimate of drug-likeness (QED) is 0.788. The van der Waals surface area contributed by atoms with Crippen LogP contribution < -0.4 is 10.0 Å². The second kappa shape index (κ2) is 7.35. The Morgan fingerprint density at radius 2 is 2.10 bits per heavy atom. The van der Waals surface area contributed by atoms with Gasteiger partial charge in [0, 0.05) is 19.5 Å². The van der Waals surface area contributed by atoms with Gasteiger partial charge in [-0.15, -0.1) is 0 Å². The van der Waals surface area contributed by atoms with Crippen molar-refractivity contribution in [3.05, 3.63) is 10.2 Å². The molecule has 1 aromatic heterocycles. The summed E-state index contributed by atoms with van der Waals surface area (Å²) in [5.41, 5.74) is 0.358. The molecule has 0 saturated heterocycles. The molecule has 6 nitrogen and oxygen atoms in total. The van der Waals surface area contributed by atoms with Crippen LogP contribution in [0.3, 0.4) is 0 Å². The smallest absolute Gasteiger partial charge is 0.251 e. The van der Waals surface area contributed by atoms with Crippen LogP contribution in [-0.4, -0.2) is 32.4 Å². The highest BCUT2D eigenvalue weighted by Crippen LogP contribution is 2.26. The lowest BCUT2D eigenvalue weighted by molar-refractivity contribution is -0.121. The van der Waals surface area contributed by atoms with Crippen LogP contribution in [0.1, 0.15) is 26.0 Å². The van der Waals surface area contributed by atoms with Gasteiger partial charge in [0.2, 0.25) is 5.91 Å². The fourth-order valence-electron chi connectivity index (χ4n) is 1.37. The maximum Gasteiger partial charge on any atom is 0.251 e. The minimum Gasteiger partial charge on any atom is -0.356 e. The topological polar surface area (TPSA) is 88.2 Å². The molecule has 20 heavy (non-hydrogen) atoms. The van der Waals surface area contributed by atoms with E-state index in [4.69, 9.17) is 11.6 Å². The minimum absolute atomic E-state index is 0.0429. The summed E-state index contributed by atoms with van der Waals surface area (Å²) in [5.74, 6) is 0.179. The van der Waals surface area contributed by atoms with Gasteiger partial charge in [-0.25, -0.2) is 18.1 Å². The Morgan fingerprint density at radius 1 is 1.45 bits per heavy atom. The summed E-state index contributed by atoms with van der Waals surface area (Å²) in [6.45, 7) is 6.17. The summed E-state index contributed by atoms with van der Waals surface area (Å²) in [4.78, 5) is 15.3. The molecule has 1 amide bonds. The fraction of sp³-hybridized carbons (Fsp3) is 0.636. The Bertz CT molecular complexity index is 569. The highest BCUT2D eigenvalue weighted by atomic mass is 35.5. The van der Waals surface area contributed by atoms with Crippen LogP contribution in [0, 0.1) is 12.8 Å². The molecule has 0 bridgehead atoms. The third-order valence-electron chi connectivity index (χ3n) is 2.32. The lowest BCUT2D eigenvalue weighted by atomic mass is 10.2. The third kappa shape index (κ3) is 5.35. The van der Waals surface area contributed by atoms with E-state index in [9.17, 15) is 13.2 Å². The van der Waals surface area contributed by atoms with Crippen LogP contribution in [0.2, 0.25) is 4.47 Å². The lowest BCUT2D eigenvalue weighted by Gasteiger charge is -2.08. The van der Waals surface area contributed by atoms with E-state index in [0.29, 0.717) is 18.2 Å². The van der Waals surface area contributed by atoms with Crippen molar-refractivity contribution >= 4 is 38.9 Å². The maximum atomic E-state index is 12.0. The number of nitrogens with one attached hydrogen (secondary N) is 2. The van der Waals surface area contributed by atoms with Gasteiger partial charge in [0.25, 0.3) is 10.0 Å². The van der Waals surface area contributed by atoms with Crippen LogP contribution in [-0.2, 0) is 14.8 Å². The van der Waals surface area contributed by atoms with Gasteiger partial charge in [0.05, 0.1) is 5.69 Å². The third-order valence-corrected chi connectivity index (χ3v) is 5.66. The van der Waals surface area contributed by atoms with Crippen molar-refractivity contribution in [3.8, 4) is 0 Å². The Kier molecular flexibility index (Phi) is 6.38. The number of carbonyl (C=O) groups excluding carboxylic acids is 1. The molecule has 0 radical (unpaired) electrons. The number of amides is 1. The zero-order chi connectivity index (χ0) is 15.3. The Labute approximate surface area is 128 Å². The van der Waals surface area contributed by atoms with Crippen LogP contribution >= 0.6 is 22.9 Å². The number of rotatable bonds is 7. The molecule has 0 unspecified atom stereocenters. The molecule has 1 rings (SSSR count). The molecule has 0 atom stereocenters. The zero-order valence-electron chi connectivity index (χ0n) is 11.6. The molecule has 2 N–H and O–H groups in total. The van der Waals surface area contributed by atoms with Crippen molar-refractivity contribution < 1.29 is 13.2 Å². The van der Waals surface area contributed by atoms with Crippen LogP contribution in [0.25, 0.3) is 0 Å².